The van der Waals surface area contributed by atoms with E-state index >= 15 is 0 Å². The van der Waals surface area contributed by atoms with Crippen LogP contribution >= 0.6 is 0 Å². The van der Waals surface area contributed by atoms with Crippen LogP contribution in [0.3, 0.4) is 0 Å². The summed E-state index contributed by atoms with van der Waals surface area (Å²) in [6.07, 6.45) is 2.48. The molecule has 2 unspecified atom stereocenters. The Bertz CT molecular complexity index is 1450. The molecule has 2 amide bonds. The number of hydrogen-bond acceptors (Lipinski definition) is 6. The Kier molecular flexibility index (Phi) is 12.4. The largest absolute Gasteiger partial charge is 0.497 e. The van der Waals surface area contributed by atoms with Gasteiger partial charge in [-0.05, 0) is 55.2 Å². The Morgan fingerprint density at radius 2 is 1.58 bits per heavy atom. The molecule has 0 aromatic heterocycles. The standard InChI is InChI=1S/C33H43N3O6S/c1-6-25(2)34-33(38)30(23-26-14-8-7-9-15-26)35(24-27-16-12-17-28(22-27)41-3)32(37)20-13-21-36(43(5,39)40)29-18-10-11-19-31(29)42-4/h7-12,14-19,22,25,30H,6,13,20-21,23-24H2,1-5H3,(H,34,38). The molecule has 0 radical (unpaired) electrons. The summed E-state index contributed by atoms with van der Waals surface area (Å²) in [7, 11) is -0.600. The van der Waals surface area contributed by atoms with Crippen molar-refractivity contribution >= 4 is 27.5 Å². The van der Waals surface area contributed by atoms with Gasteiger partial charge in [0.2, 0.25) is 21.8 Å². The van der Waals surface area contributed by atoms with E-state index in [0.29, 0.717) is 23.6 Å². The fourth-order valence-corrected chi connectivity index (χ4v) is 5.75. The molecule has 0 spiro atoms. The number of benzene rings is 3. The second-order valence-electron chi connectivity index (χ2n) is 10.5. The lowest BCUT2D eigenvalue weighted by Gasteiger charge is -2.33. The van der Waals surface area contributed by atoms with Crippen LogP contribution in [-0.2, 0) is 32.6 Å². The first kappa shape index (κ1) is 33.5. The van der Waals surface area contributed by atoms with Gasteiger partial charge in [0.1, 0.15) is 17.5 Å². The minimum atomic E-state index is -3.66. The fourth-order valence-electron chi connectivity index (χ4n) is 4.78. The summed E-state index contributed by atoms with van der Waals surface area (Å²) < 4.78 is 37.5. The summed E-state index contributed by atoms with van der Waals surface area (Å²) in [6.45, 7) is 4.18. The minimum absolute atomic E-state index is 0.0348. The van der Waals surface area contributed by atoms with E-state index < -0.39 is 16.1 Å². The second-order valence-corrected chi connectivity index (χ2v) is 12.4. The van der Waals surface area contributed by atoms with Crippen molar-refractivity contribution in [3.05, 3.63) is 90.0 Å². The predicted octanol–water partition coefficient (Wildman–Crippen LogP) is 4.80. The molecule has 0 saturated carbocycles. The number of rotatable bonds is 16. The molecule has 0 heterocycles. The van der Waals surface area contributed by atoms with Crippen molar-refractivity contribution in [2.24, 2.45) is 0 Å². The first-order valence-corrected chi connectivity index (χ1v) is 16.3. The van der Waals surface area contributed by atoms with Crippen molar-refractivity contribution in [1.29, 1.82) is 0 Å². The maximum Gasteiger partial charge on any atom is 0.243 e. The lowest BCUT2D eigenvalue weighted by molar-refractivity contribution is -0.141. The van der Waals surface area contributed by atoms with Crippen LogP contribution < -0.4 is 19.1 Å². The van der Waals surface area contributed by atoms with Crippen LogP contribution in [0.15, 0.2) is 78.9 Å². The van der Waals surface area contributed by atoms with E-state index in [-0.39, 0.29) is 43.8 Å². The van der Waals surface area contributed by atoms with Gasteiger partial charge in [-0.1, -0.05) is 61.5 Å². The molecule has 0 aliphatic carbocycles. The fraction of sp³-hybridized carbons (Fsp3) is 0.394. The highest BCUT2D eigenvalue weighted by atomic mass is 32.2. The molecule has 0 fully saturated rings. The minimum Gasteiger partial charge on any atom is -0.497 e. The number of nitrogens with zero attached hydrogens (tertiary/aromatic N) is 2. The number of ether oxygens (including phenoxy) is 2. The number of sulfonamides is 1. The van der Waals surface area contributed by atoms with E-state index in [9.17, 15) is 18.0 Å². The van der Waals surface area contributed by atoms with Crippen LogP contribution in [0.1, 0.15) is 44.2 Å². The predicted molar refractivity (Wildman–Crippen MR) is 170 cm³/mol. The van der Waals surface area contributed by atoms with Gasteiger partial charge in [0.05, 0.1) is 26.2 Å². The van der Waals surface area contributed by atoms with Crippen molar-refractivity contribution in [3.8, 4) is 11.5 Å². The number of anilines is 1. The molecule has 43 heavy (non-hydrogen) atoms. The van der Waals surface area contributed by atoms with E-state index in [1.807, 2.05) is 68.4 Å². The molecule has 9 nitrogen and oxygen atoms in total. The first-order valence-electron chi connectivity index (χ1n) is 14.4. The zero-order valence-electron chi connectivity index (χ0n) is 25.7. The summed E-state index contributed by atoms with van der Waals surface area (Å²) in [4.78, 5) is 29.3. The third-order valence-electron chi connectivity index (χ3n) is 7.27. The number of carbonyl (C=O) groups excluding carboxylic acids is 2. The highest BCUT2D eigenvalue weighted by Gasteiger charge is 2.31. The SMILES string of the molecule is CCC(C)NC(=O)C(Cc1ccccc1)N(Cc1cccc(OC)c1)C(=O)CCCN(c1ccccc1OC)S(C)(=O)=O. The van der Waals surface area contributed by atoms with Crippen molar-refractivity contribution in [3.63, 3.8) is 0 Å². The highest BCUT2D eigenvalue weighted by Crippen LogP contribution is 2.30. The van der Waals surface area contributed by atoms with Gasteiger partial charge in [0.15, 0.2) is 0 Å². The monoisotopic (exact) mass is 609 g/mol. The summed E-state index contributed by atoms with van der Waals surface area (Å²) in [5.41, 5.74) is 2.15. The maximum absolute atomic E-state index is 14.0. The molecule has 2 atom stereocenters. The van der Waals surface area contributed by atoms with Crippen LogP contribution in [0.25, 0.3) is 0 Å². The van der Waals surface area contributed by atoms with Gasteiger partial charge in [0.25, 0.3) is 0 Å². The average molecular weight is 610 g/mol. The number of para-hydroxylation sites is 2. The third-order valence-corrected chi connectivity index (χ3v) is 8.45. The van der Waals surface area contributed by atoms with Crippen molar-refractivity contribution in [1.82, 2.24) is 10.2 Å². The van der Waals surface area contributed by atoms with Crippen molar-refractivity contribution < 1.29 is 27.5 Å². The number of hydrogen-bond donors (Lipinski definition) is 1. The van der Waals surface area contributed by atoms with Crippen molar-refractivity contribution in [2.75, 3.05) is 31.3 Å². The summed E-state index contributed by atoms with van der Waals surface area (Å²) in [6, 6.07) is 23.0. The van der Waals surface area contributed by atoms with Crippen LogP contribution in [0.4, 0.5) is 5.69 Å². The van der Waals surface area contributed by atoms with E-state index in [1.165, 1.54) is 11.4 Å². The van der Waals surface area contributed by atoms with Crippen LogP contribution in [0.5, 0.6) is 11.5 Å². The van der Waals surface area contributed by atoms with Crippen molar-refractivity contribution in [2.45, 2.75) is 58.2 Å². The summed E-state index contributed by atoms with van der Waals surface area (Å²) in [5.74, 6) is 0.579. The molecule has 0 aliphatic heterocycles. The molecular weight excluding hydrogens is 566 g/mol. The summed E-state index contributed by atoms with van der Waals surface area (Å²) >= 11 is 0. The number of amides is 2. The Hall–Kier alpha value is -4.05. The molecule has 3 rings (SSSR count). The van der Waals surface area contributed by atoms with E-state index in [0.717, 1.165) is 23.8 Å². The van der Waals surface area contributed by atoms with Gasteiger partial charge in [-0.25, -0.2) is 8.42 Å². The molecule has 0 saturated heterocycles. The quantitative estimate of drug-likeness (QED) is 0.250. The van der Waals surface area contributed by atoms with Crippen LogP contribution in [0.2, 0.25) is 0 Å². The third kappa shape index (κ3) is 9.74. The Morgan fingerprint density at radius 3 is 2.23 bits per heavy atom. The molecular formula is C33H43N3O6S. The van der Waals surface area contributed by atoms with Crippen LogP contribution in [-0.4, -0.2) is 64.2 Å². The van der Waals surface area contributed by atoms with E-state index in [2.05, 4.69) is 5.32 Å². The molecule has 232 valence electrons. The van der Waals surface area contributed by atoms with Crippen LogP contribution in [0, 0.1) is 0 Å². The summed E-state index contributed by atoms with van der Waals surface area (Å²) in [5, 5.41) is 3.06. The lowest BCUT2D eigenvalue weighted by atomic mass is 10.0. The Labute approximate surface area is 255 Å². The smallest absolute Gasteiger partial charge is 0.243 e. The van der Waals surface area contributed by atoms with E-state index in [1.54, 1.807) is 36.3 Å². The lowest BCUT2D eigenvalue weighted by Crippen LogP contribution is -2.52. The van der Waals surface area contributed by atoms with E-state index in [4.69, 9.17) is 9.47 Å². The maximum atomic E-state index is 14.0. The average Bonchev–Trinajstić information content (AvgIpc) is 3.00. The number of nitrogens with one attached hydrogen (secondary N) is 1. The molecule has 3 aromatic carbocycles. The Morgan fingerprint density at radius 1 is 0.907 bits per heavy atom. The van der Waals surface area contributed by atoms with Gasteiger partial charge < -0.3 is 19.7 Å². The van der Waals surface area contributed by atoms with Gasteiger partial charge in [0, 0.05) is 32.0 Å². The molecule has 0 aliphatic rings. The Balaban J connectivity index is 1.92. The molecule has 1 N–H and O–H groups in total. The first-order chi connectivity index (χ1) is 20.6. The zero-order chi connectivity index (χ0) is 31.4. The van der Waals surface area contributed by atoms with Gasteiger partial charge in [-0.2, -0.15) is 0 Å². The number of carbonyl (C=O) groups is 2. The number of methoxy groups -OCH3 is 2. The zero-order valence-corrected chi connectivity index (χ0v) is 26.5. The highest BCUT2D eigenvalue weighted by molar-refractivity contribution is 7.92. The van der Waals surface area contributed by atoms with Gasteiger partial charge in [-0.15, -0.1) is 0 Å². The topological polar surface area (TPSA) is 105 Å². The second kappa shape index (κ2) is 16.0. The molecule has 10 heteroatoms. The van der Waals surface area contributed by atoms with Gasteiger partial charge in [-0.3, -0.25) is 13.9 Å². The molecule has 3 aromatic rings. The van der Waals surface area contributed by atoms with Gasteiger partial charge >= 0.3 is 0 Å². The molecule has 0 bridgehead atoms. The normalized spacial score (nSPS) is 12.6.